The number of rotatable bonds is 13. The molecule has 79 heavy (non-hydrogen) atoms. The molecule has 0 aliphatic heterocycles. The van der Waals surface area contributed by atoms with Crippen LogP contribution in [0, 0.1) is 13.8 Å². The molecule has 10 heteroatoms. The number of carbonyl (C=O) groups excluding carboxylic acids is 4. The van der Waals surface area contributed by atoms with Gasteiger partial charge in [0.1, 0.15) is 34.2 Å². The molecule has 0 aromatic heterocycles. The third-order valence-electron chi connectivity index (χ3n) is 13.8. The number of esters is 2. The number of hydrogen-bond acceptors (Lipinski definition) is 10. The monoisotopic (exact) mass is 1090 g/mol. The molecule has 0 aliphatic carbocycles. The topological polar surface area (TPSA) is 124 Å². The molecule has 1 unspecified atom stereocenters. The summed E-state index contributed by atoms with van der Waals surface area (Å²) < 4.78 is 35.7. The fourth-order valence-electron chi connectivity index (χ4n) is 9.62. The van der Waals surface area contributed by atoms with Crippen molar-refractivity contribution in [3.63, 3.8) is 0 Å². The summed E-state index contributed by atoms with van der Waals surface area (Å²) in [6.07, 6.45) is 0.412. The van der Waals surface area contributed by atoms with Crippen LogP contribution >= 0.6 is 0 Å². The van der Waals surface area contributed by atoms with E-state index in [4.69, 9.17) is 28.4 Å². The lowest BCUT2D eigenvalue weighted by Crippen LogP contribution is -2.28. The summed E-state index contributed by atoms with van der Waals surface area (Å²) in [5.74, 6) is 1.55. The van der Waals surface area contributed by atoms with Crippen molar-refractivity contribution >= 4 is 24.2 Å². The largest absolute Gasteiger partial charge is 0.514 e. The molecule has 0 radical (unpaired) electrons. The van der Waals surface area contributed by atoms with E-state index in [1.807, 2.05) is 77.9 Å². The van der Waals surface area contributed by atoms with Gasteiger partial charge in [0.05, 0.1) is 0 Å². The Kier molecular flexibility index (Phi) is 19.9. The molecular formula is C69H100O10. The standard InChI is InChI=1S/C69H100O10/c1-41-33-54(74-56(70)30-28-44-35-50(64(10,11)12)58(51(36-44)65(13,14)15)76-60(72)78-68(22,23)24)48(62(4,5)6)39-46(41)32-42(2)47-40-49(63(7,8)9)55(34-43(47)3)75-57(71)31-29-45-37-52(66(16,17)18)59(53(38-45)67(19,20)21)77-61(73)79-69(25,26)27/h33-40,42H,28-32H2,1-27H3. The van der Waals surface area contributed by atoms with E-state index >= 15 is 0 Å². The van der Waals surface area contributed by atoms with Crippen molar-refractivity contribution in [3.05, 3.63) is 115 Å². The SMILES string of the molecule is Cc1cc(OC(=O)CCc2cc(C(C)(C)C)c(OC(=O)OC(C)(C)C)c(C(C)(C)C)c2)c(C(C)(C)C)cc1CC(C)c1cc(C(C)(C)C)c(OC(=O)CCc2cc(C(C)(C)C)c(OC(=O)OC(C)(C)C)c(C(C)(C)C)c2)cc1C. The summed E-state index contributed by atoms with van der Waals surface area (Å²) in [4.78, 5) is 53.8. The molecule has 10 nitrogen and oxygen atoms in total. The first-order valence-corrected chi connectivity index (χ1v) is 28.4. The van der Waals surface area contributed by atoms with E-state index in [1.165, 1.54) is 5.56 Å². The van der Waals surface area contributed by atoms with Gasteiger partial charge < -0.3 is 28.4 Å². The molecule has 0 heterocycles. The highest BCUT2D eigenvalue weighted by Gasteiger charge is 2.34. The van der Waals surface area contributed by atoms with Crippen molar-refractivity contribution in [3.8, 4) is 23.0 Å². The molecule has 4 aromatic rings. The van der Waals surface area contributed by atoms with E-state index in [0.717, 1.165) is 67.6 Å². The van der Waals surface area contributed by atoms with Crippen LogP contribution in [-0.4, -0.2) is 35.5 Å². The number of carbonyl (C=O) groups is 4. The van der Waals surface area contributed by atoms with E-state index < -0.39 is 23.5 Å². The molecule has 0 amide bonds. The zero-order valence-electron chi connectivity index (χ0n) is 53.8. The Labute approximate surface area is 476 Å². The second-order valence-corrected chi connectivity index (χ2v) is 30.2. The van der Waals surface area contributed by atoms with Crippen LogP contribution < -0.4 is 18.9 Å². The van der Waals surface area contributed by atoms with Gasteiger partial charge in [-0.3, -0.25) is 9.59 Å². The summed E-state index contributed by atoms with van der Waals surface area (Å²) in [6.45, 7) is 55.1. The van der Waals surface area contributed by atoms with Crippen molar-refractivity contribution in [2.75, 3.05) is 0 Å². The zero-order chi connectivity index (χ0) is 60.6. The Hall–Kier alpha value is -5.64. The normalized spacial score (nSPS) is 13.4. The maximum Gasteiger partial charge on any atom is 0.514 e. The Morgan fingerprint density at radius 1 is 0.392 bits per heavy atom. The molecule has 436 valence electrons. The number of hydrogen-bond donors (Lipinski definition) is 0. The van der Waals surface area contributed by atoms with Crippen molar-refractivity contribution in [1.29, 1.82) is 0 Å². The Bertz CT molecular complexity index is 2810. The van der Waals surface area contributed by atoms with Crippen molar-refractivity contribution in [1.82, 2.24) is 0 Å². The van der Waals surface area contributed by atoms with Crippen molar-refractivity contribution in [2.45, 2.75) is 269 Å². The van der Waals surface area contributed by atoms with E-state index in [0.29, 0.717) is 35.8 Å². The van der Waals surface area contributed by atoms with Gasteiger partial charge >= 0.3 is 24.2 Å². The van der Waals surface area contributed by atoms with Gasteiger partial charge in [-0.05, 0) is 159 Å². The van der Waals surface area contributed by atoms with Crippen molar-refractivity contribution in [2.24, 2.45) is 0 Å². The van der Waals surface area contributed by atoms with Crippen LogP contribution in [0.25, 0.3) is 0 Å². The molecule has 0 bridgehead atoms. The quantitative estimate of drug-likeness (QED) is 0.0726. The third kappa shape index (κ3) is 18.7. The smallest absolute Gasteiger partial charge is 0.428 e. The highest BCUT2D eigenvalue weighted by molar-refractivity contribution is 5.75. The summed E-state index contributed by atoms with van der Waals surface area (Å²) in [5, 5.41) is 0. The maximum absolute atomic E-state index is 13.9. The Morgan fingerprint density at radius 3 is 1.00 bits per heavy atom. The molecule has 0 aliphatic rings. The van der Waals surface area contributed by atoms with E-state index in [1.54, 1.807) is 0 Å². The van der Waals surface area contributed by atoms with Gasteiger partial charge in [-0.15, -0.1) is 0 Å². The van der Waals surface area contributed by atoms with Crippen LogP contribution in [0.5, 0.6) is 23.0 Å². The van der Waals surface area contributed by atoms with Crippen LogP contribution in [0.4, 0.5) is 9.59 Å². The maximum atomic E-state index is 13.9. The van der Waals surface area contributed by atoms with Gasteiger partial charge in [-0.1, -0.05) is 168 Å². The summed E-state index contributed by atoms with van der Waals surface area (Å²) >= 11 is 0. The van der Waals surface area contributed by atoms with Gasteiger partial charge in [0.15, 0.2) is 0 Å². The molecule has 0 saturated heterocycles. The lowest BCUT2D eigenvalue weighted by Gasteiger charge is -2.30. The lowest BCUT2D eigenvalue weighted by molar-refractivity contribution is -0.135. The molecule has 4 aromatic carbocycles. The molecule has 0 saturated carbocycles. The first kappa shape index (κ1) is 65.9. The van der Waals surface area contributed by atoms with Gasteiger partial charge in [-0.25, -0.2) is 9.59 Å². The van der Waals surface area contributed by atoms with Crippen LogP contribution in [0.2, 0.25) is 0 Å². The number of benzene rings is 4. The van der Waals surface area contributed by atoms with E-state index in [-0.39, 0.29) is 63.2 Å². The highest BCUT2D eigenvalue weighted by Crippen LogP contribution is 2.45. The molecule has 0 N–H and O–H groups in total. The first-order valence-electron chi connectivity index (χ1n) is 28.4. The first-order chi connectivity index (χ1) is 35.5. The van der Waals surface area contributed by atoms with E-state index in [9.17, 15) is 19.2 Å². The summed E-state index contributed by atoms with van der Waals surface area (Å²) in [6, 6.07) is 16.6. The Morgan fingerprint density at radius 2 is 0.696 bits per heavy atom. The van der Waals surface area contributed by atoms with Gasteiger partial charge in [0.2, 0.25) is 0 Å². The summed E-state index contributed by atoms with van der Waals surface area (Å²) in [7, 11) is 0. The van der Waals surface area contributed by atoms with E-state index in [2.05, 4.69) is 158 Å². The molecule has 0 fully saturated rings. The van der Waals surface area contributed by atoms with Crippen molar-refractivity contribution < 1.29 is 47.6 Å². The second-order valence-electron chi connectivity index (χ2n) is 30.2. The lowest BCUT2D eigenvalue weighted by atomic mass is 9.78. The fourth-order valence-corrected chi connectivity index (χ4v) is 9.62. The second kappa shape index (κ2) is 23.8. The van der Waals surface area contributed by atoms with Crippen LogP contribution in [0.15, 0.2) is 48.5 Å². The molecule has 0 spiro atoms. The minimum atomic E-state index is -0.752. The van der Waals surface area contributed by atoms with Crippen LogP contribution in [0.1, 0.15) is 259 Å². The minimum Gasteiger partial charge on any atom is -0.428 e. The predicted molar refractivity (Wildman–Crippen MR) is 321 cm³/mol. The van der Waals surface area contributed by atoms with Gasteiger partial charge in [0.25, 0.3) is 0 Å². The van der Waals surface area contributed by atoms with Crippen LogP contribution in [-0.2, 0) is 70.8 Å². The fraction of sp³-hybridized carbons (Fsp3) is 0.594. The van der Waals surface area contributed by atoms with Crippen LogP contribution in [0.3, 0.4) is 0 Å². The number of ether oxygens (including phenoxy) is 6. The molecular weight excluding hydrogens is 989 g/mol. The zero-order valence-corrected chi connectivity index (χ0v) is 53.8. The number of aryl methyl sites for hydroxylation is 4. The summed E-state index contributed by atoms with van der Waals surface area (Å²) in [5.41, 5.74) is 8.02. The molecule has 4 rings (SSSR count). The van der Waals surface area contributed by atoms with Gasteiger partial charge in [0, 0.05) is 46.2 Å². The van der Waals surface area contributed by atoms with Gasteiger partial charge in [-0.2, -0.15) is 0 Å². The third-order valence-corrected chi connectivity index (χ3v) is 13.8. The Balaban J connectivity index is 1.59. The average molecular weight is 1090 g/mol. The predicted octanol–water partition coefficient (Wildman–Crippen LogP) is 18.1. The minimum absolute atomic E-state index is 0.0963. The highest BCUT2D eigenvalue weighted by atomic mass is 16.7. The average Bonchev–Trinajstić information content (AvgIpc) is 3.22. The molecule has 1 atom stereocenters.